The van der Waals surface area contributed by atoms with Crippen LogP contribution in [0.5, 0.6) is 0 Å². The van der Waals surface area contributed by atoms with Crippen molar-refractivity contribution in [2.45, 2.75) is 32.1 Å². The lowest BCUT2D eigenvalue weighted by atomic mass is 9.91. The molecule has 160 valence electrons. The predicted octanol–water partition coefficient (Wildman–Crippen LogP) is 3.77. The first-order chi connectivity index (χ1) is 14.0. The number of nitrogens with zero attached hydrogens (tertiary/aromatic N) is 1. The number of amides is 2. The van der Waals surface area contributed by atoms with Crippen molar-refractivity contribution in [2.24, 2.45) is 11.8 Å². The number of likely N-dealkylation sites (tertiary alicyclic amines) is 1. The van der Waals surface area contributed by atoms with E-state index in [2.05, 4.69) is 19.2 Å². The summed E-state index contributed by atoms with van der Waals surface area (Å²) >= 11 is 0. The molecule has 2 amide bonds. The molecule has 2 aromatic carbocycles. The van der Waals surface area contributed by atoms with Crippen molar-refractivity contribution in [1.82, 2.24) is 4.90 Å². The number of carbonyl (C=O) groups is 2. The van der Waals surface area contributed by atoms with Crippen LogP contribution in [0.25, 0.3) is 0 Å². The third kappa shape index (κ3) is 5.08. The van der Waals surface area contributed by atoms with Gasteiger partial charge in [-0.3, -0.25) is 9.59 Å². The maximum atomic E-state index is 13.0. The lowest BCUT2D eigenvalue weighted by Crippen LogP contribution is -2.42. The van der Waals surface area contributed by atoms with E-state index >= 15 is 0 Å². The van der Waals surface area contributed by atoms with Gasteiger partial charge in [0.25, 0.3) is 11.8 Å². The zero-order chi connectivity index (χ0) is 22.1. The Labute approximate surface area is 178 Å². The van der Waals surface area contributed by atoms with Crippen molar-refractivity contribution < 1.29 is 18.0 Å². The van der Waals surface area contributed by atoms with E-state index in [0.717, 1.165) is 31.3 Å². The Kier molecular flexibility index (Phi) is 6.31. The van der Waals surface area contributed by atoms with Crippen LogP contribution in [0.1, 0.15) is 46.5 Å². The van der Waals surface area contributed by atoms with Crippen molar-refractivity contribution in [2.75, 3.05) is 24.7 Å². The van der Waals surface area contributed by atoms with Gasteiger partial charge < -0.3 is 10.2 Å². The predicted molar refractivity (Wildman–Crippen MR) is 118 cm³/mol. The number of rotatable bonds is 4. The maximum Gasteiger partial charge on any atom is 0.255 e. The number of aryl methyl sites for hydroxylation is 1. The Morgan fingerprint density at radius 3 is 2.30 bits per heavy atom. The van der Waals surface area contributed by atoms with E-state index in [1.54, 1.807) is 18.2 Å². The minimum Gasteiger partial charge on any atom is -0.338 e. The number of hydrogen-bond donors (Lipinski definition) is 1. The van der Waals surface area contributed by atoms with Gasteiger partial charge in [-0.25, -0.2) is 8.42 Å². The van der Waals surface area contributed by atoms with Crippen LogP contribution in [0.2, 0.25) is 0 Å². The first-order valence-corrected chi connectivity index (χ1v) is 11.9. The molecule has 0 radical (unpaired) electrons. The molecule has 1 aliphatic heterocycles. The number of sulfone groups is 1. The third-order valence-electron chi connectivity index (χ3n) is 5.41. The highest BCUT2D eigenvalue weighted by Gasteiger charge is 2.26. The standard InChI is InChI=1S/C23H28N2O4S/c1-15-10-16(2)14-25(13-15)23(27)19-9-8-17(3)21(12-19)24-22(26)18-6-5-7-20(11-18)30(4,28)29/h5-9,11-12,15-16H,10,13-14H2,1-4H3,(H,24,26). The van der Waals surface area contributed by atoms with Crippen molar-refractivity contribution in [3.63, 3.8) is 0 Å². The van der Waals surface area contributed by atoms with Crippen LogP contribution >= 0.6 is 0 Å². The van der Waals surface area contributed by atoms with E-state index in [-0.39, 0.29) is 16.4 Å². The van der Waals surface area contributed by atoms with E-state index in [1.807, 2.05) is 17.9 Å². The highest BCUT2D eigenvalue weighted by Crippen LogP contribution is 2.25. The highest BCUT2D eigenvalue weighted by atomic mass is 32.2. The molecule has 1 saturated heterocycles. The maximum absolute atomic E-state index is 13.0. The van der Waals surface area contributed by atoms with Gasteiger partial charge in [0.15, 0.2) is 9.84 Å². The quantitative estimate of drug-likeness (QED) is 0.804. The van der Waals surface area contributed by atoms with Gasteiger partial charge in [0, 0.05) is 36.2 Å². The molecule has 1 heterocycles. The SMILES string of the molecule is Cc1ccc(C(=O)N2CC(C)CC(C)C2)cc1NC(=O)c1cccc(S(C)(=O)=O)c1. The van der Waals surface area contributed by atoms with Crippen LogP contribution in [-0.2, 0) is 9.84 Å². The second kappa shape index (κ2) is 8.60. The summed E-state index contributed by atoms with van der Waals surface area (Å²) in [7, 11) is -3.41. The molecular formula is C23H28N2O4S. The van der Waals surface area contributed by atoms with Crippen molar-refractivity contribution in [1.29, 1.82) is 0 Å². The molecule has 2 aromatic rings. The molecule has 0 saturated carbocycles. The van der Waals surface area contributed by atoms with Gasteiger partial charge in [-0.2, -0.15) is 0 Å². The number of carbonyl (C=O) groups excluding carboxylic acids is 2. The molecule has 2 unspecified atom stereocenters. The molecule has 1 aliphatic rings. The Hall–Kier alpha value is -2.67. The van der Waals surface area contributed by atoms with Crippen LogP contribution in [0, 0.1) is 18.8 Å². The van der Waals surface area contributed by atoms with E-state index in [4.69, 9.17) is 0 Å². The van der Waals surface area contributed by atoms with Crippen molar-refractivity contribution >= 4 is 27.3 Å². The van der Waals surface area contributed by atoms with Crippen LogP contribution in [0.3, 0.4) is 0 Å². The molecule has 2 atom stereocenters. The molecule has 0 aromatic heterocycles. The minimum atomic E-state index is -3.41. The average molecular weight is 429 g/mol. The molecule has 0 bridgehead atoms. The molecule has 30 heavy (non-hydrogen) atoms. The lowest BCUT2D eigenvalue weighted by molar-refractivity contribution is 0.0623. The smallest absolute Gasteiger partial charge is 0.255 e. The number of benzene rings is 2. The summed E-state index contributed by atoms with van der Waals surface area (Å²) in [5, 5.41) is 2.82. The van der Waals surface area contributed by atoms with Gasteiger partial charge in [0.05, 0.1) is 4.90 Å². The molecule has 0 aliphatic carbocycles. The van der Waals surface area contributed by atoms with E-state index < -0.39 is 15.7 Å². The zero-order valence-electron chi connectivity index (χ0n) is 17.8. The van der Waals surface area contributed by atoms with Gasteiger partial charge in [-0.1, -0.05) is 26.0 Å². The van der Waals surface area contributed by atoms with E-state index in [1.165, 1.54) is 18.2 Å². The summed E-state index contributed by atoms with van der Waals surface area (Å²) in [6.45, 7) is 7.62. The van der Waals surface area contributed by atoms with E-state index in [0.29, 0.717) is 23.1 Å². The summed E-state index contributed by atoms with van der Waals surface area (Å²) in [6.07, 6.45) is 2.22. The fraction of sp³-hybridized carbons (Fsp3) is 0.391. The van der Waals surface area contributed by atoms with Crippen LogP contribution < -0.4 is 5.32 Å². The Balaban J connectivity index is 1.82. The summed E-state index contributed by atoms with van der Waals surface area (Å²) in [4.78, 5) is 27.7. The number of hydrogen-bond acceptors (Lipinski definition) is 4. The Morgan fingerprint density at radius 2 is 1.67 bits per heavy atom. The highest BCUT2D eigenvalue weighted by molar-refractivity contribution is 7.90. The first-order valence-electron chi connectivity index (χ1n) is 10.1. The molecule has 6 nitrogen and oxygen atoms in total. The van der Waals surface area contributed by atoms with Gasteiger partial charge in [0.2, 0.25) is 0 Å². The van der Waals surface area contributed by atoms with Crippen LogP contribution in [-0.4, -0.2) is 44.5 Å². The minimum absolute atomic E-state index is 0.0389. The van der Waals surface area contributed by atoms with Crippen molar-refractivity contribution in [3.8, 4) is 0 Å². The summed E-state index contributed by atoms with van der Waals surface area (Å²) in [5.41, 5.74) is 2.13. The number of anilines is 1. The van der Waals surface area contributed by atoms with Crippen molar-refractivity contribution in [3.05, 3.63) is 59.2 Å². The Bertz CT molecular complexity index is 1070. The second-order valence-corrected chi connectivity index (χ2v) is 10.5. The Morgan fingerprint density at radius 1 is 1.00 bits per heavy atom. The van der Waals surface area contributed by atoms with Crippen LogP contribution in [0.15, 0.2) is 47.4 Å². The average Bonchev–Trinajstić information content (AvgIpc) is 2.67. The molecule has 1 fully saturated rings. The van der Waals surface area contributed by atoms with Gasteiger partial charge >= 0.3 is 0 Å². The lowest BCUT2D eigenvalue weighted by Gasteiger charge is -2.35. The molecule has 1 N–H and O–H groups in total. The second-order valence-electron chi connectivity index (χ2n) is 8.44. The molecular weight excluding hydrogens is 400 g/mol. The van der Waals surface area contributed by atoms with E-state index in [9.17, 15) is 18.0 Å². The normalized spacial score (nSPS) is 19.4. The number of nitrogens with one attached hydrogen (secondary N) is 1. The summed E-state index contributed by atoms with van der Waals surface area (Å²) < 4.78 is 23.5. The fourth-order valence-electron chi connectivity index (χ4n) is 3.96. The first kappa shape index (κ1) is 22.0. The van der Waals surface area contributed by atoms with Gasteiger partial charge in [-0.05, 0) is 61.1 Å². The third-order valence-corrected chi connectivity index (χ3v) is 6.52. The topological polar surface area (TPSA) is 83.6 Å². The van der Waals surface area contributed by atoms with Gasteiger partial charge in [-0.15, -0.1) is 0 Å². The molecule has 3 rings (SSSR count). The fourth-order valence-corrected chi connectivity index (χ4v) is 4.63. The monoisotopic (exact) mass is 428 g/mol. The van der Waals surface area contributed by atoms with Gasteiger partial charge in [0.1, 0.15) is 0 Å². The summed E-state index contributed by atoms with van der Waals surface area (Å²) in [5.74, 6) is 0.463. The number of piperidine rings is 1. The molecule has 0 spiro atoms. The zero-order valence-corrected chi connectivity index (χ0v) is 18.6. The molecule has 7 heteroatoms. The largest absolute Gasteiger partial charge is 0.338 e. The summed E-state index contributed by atoms with van der Waals surface area (Å²) in [6, 6.07) is 11.2. The van der Waals surface area contributed by atoms with Crippen LogP contribution in [0.4, 0.5) is 5.69 Å².